The summed E-state index contributed by atoms with van der Waals surface area (Å²) in [6.45, 7) is 0. The fourth-order valence-corrected chi connectivity index (χ4v) is 3.56. The van der Waals surface area contributed by atoms with E-state index in [2.05, 4.69) is 28.7 Å². The minimum atomic E-state index is 0.635. The zero-order chi connectivity index (χ0) is 8.72. The molecule has 0 spiro atoms. The van der Waals surface area contributed by atoms with Crippen LogP contribution in [-0.4, -0.2) is 0 Å². The minimum Gasteiger partial charge on any atom is -0.142 e. The Labute approximate surface area is 97.6 Å². The van der Waals surface area contributed by atoms with Gasteiger partial charge in [-0.3, -0.25) is 0 Å². The molecule has 0 aliphatic rings. The van der Waals surface area contributed by atoms with E-state index < -0.39 is 0 Å². The number of hydrogen-bond donors (Lipinski definition) is 0. The zero-order valence-corrected chi connectivity index (χ0v) is 10.3. The van der Waals surface area contributed by atoms with Crippen molar-refractivity contribution in [2.75, 3.05) is 0 Å². The summed E-state index contributed by atoms with van der Waals surface area (Å²) in [5.41, 5.74) is 0. The Morgan fingerprint density at radius 1 is 1.33 bits per heavy atom. The van der Waals surface area contributed by atoms with Crippen molar-refractivity contribution in [3.8, 4) is 0 Å². The van der Waals surface area contributed by atoms with Gasteiger partial charge in [0.25, 0.3) is 0 Å². The highest BCUT2D eigenvalue weighted by Crippen LogP contribution is 2.37. The topological polar surface area (TPSA) is 0 Å². The van der Waals surface area contributed by atoms with Gasteiger partial charge in [-0.15, -0.1) is 11.3 Å². The van der Waals surface area contributed by atoms with Gasteiger partial charge in [0.05, 0.1) is 14.7 Å². The van der Waals surface area contributed by atoms with Crippen LogP contribution in [0.2, 0.25) is 10.0 Å². The van der Waals surface area contributed by atoms with Crippen LogP contribution in [0.5, 0.6) is 0 Å². The summed E-state index contributed by atoms with van der Waals surface area (Å²) in [4.78, 5) is 0. The van der Waals surface area contributed by atoms with Crippen molar-refractivity contribution >= 4 is 67.2 Å². The Bertz CT molecular complexity index is 436. The molecule has 2 rings (SSSR count). The van der Waals surface area contributed by atoms with Crippen LogP contribution in [-0.2, 0) is 0 Å². The van der Waals surface area contributed by atoms with Gasteiger partial charge in [-0.2, -0.15) is 0 Å². The Kier molecular flexibility index (Phi) is 2.51. The van der Waals surface area contributed by atoms with Crippen LogP contribution < -0.4 is 0 Å². The molecular weight excluding hydrogens is 326 g/mol. The summed E-state index contributed by atoms with van der Waals surface area (Å²) in [7, 11) is 0. The van der Waals surface area contributed by atoms with Crippen molar-refractivity contribution < 1.29 is 0 Å². The van der Waals surface area contributed by atoms with Gasteiger partial charge >= 0.3 is 0 Å². The minimum absolute atomic E-state index is 0.635. The van der Waals surface area contributed by atoms with E-state index in [-0.39, 0.29) is 0 Å². The summed E-state index contributed by atoms with van der Waals surface area (Å²) in [5, 5.41) is 4.52. The SMILES string of the molecule is Clc1cc(I)c2ccsc2c1Cl. The molecular formula is C8H3Cl2IS. The highest BCUT2D eigenvalue weighted by Gasteiger charge is 2.08. The highest BCUT2D eigenvalue weighted by atomic mass is 127. The van der Waals surface area contributed by atoms with Crippen molar-refractivity contribution in [2.45, 2.75) is 0 Å². The van der Waals surface area contributed by atoms with E-state index in [9.17, 15) is 0 Å². The molecule has 1 aromatic heterocycles. The van der Waals surface area contributed by atoms with E-state index in [0.29, 0.717) is 10.0 Å². The molecule has 0 bridgehead atoms. The van der Waals surface area contributed by atoms with Crippen LogP contribution in [0, 0.1) is 3.57 Å². The van der Waals surface area contributed by atoms with Crippen LogP contribution >= 0.6 is 57.1 Å². The summed E-state index contributed by atoms with van der Waals surface area (Å²) in [5.74, 6) is 0. The van der Waals surface area contributed by atoms with Crippen molar-refractivity contribution in [3.63, 3.8) is 0 Å². The quantitative estimate of drug-likeness (QED) is 0.481. The largest absolute Gasteiger partial charge is 0.142 e. The lowest BCUT2D eigenvalue weighted by atomic mass is 10.3. The van der Waals surface area contributed by atoms with Gasteiger partial charge in [0.15, 0.2) is 0 Å². The predicted octanol–water partition coefficient (Wildman–Crippen LogP) is 4.81. The second-order valence-electron chi connectivity index (χ2n) is 2.32. The third-order valence-electron chi connectivity index (χ3n) is 1.59. The first kappa shape index (κ1) is 9.06. The predicted molar refractivity (Wildman–Crippen MR) is 64.6 cm³/mol. The highest BCUT2D eigenvalue weighted by molar-refractivity contribution is 14.1. The van der Waals surface area contributed by atoms with Crippen LogP contribution in [0.1, 0.15) is 0 Å². The number of thiophene rings is 1. The number of rotatable bonds is 0. The lowest BCUT2D eigenvalue weighted by Crippen LogP contribution is -1.74. The molecule has 0 radical (unpaired) electrons. The second kappa shape index (κ2) is 3.33. The molecule has 2 aromatic rings. The Balaban J connectivity index is 2.97. The number of fused-ring (bicyclic) bond motifs is 1. The molecule has 0 saturated heterocycles. The zero-order valence-electron chi connectivity index (χ0n) is 5.77. The van der Waals surface area contributed by atoms with E-state index in [4.69, 9.17) is 23.2 Å². The van der Waals surface area contributed by atoms with Gasteiger partial charge in [-0.1, -0.05) is 23.2 Å². The second-order valence-corrected chi connectivity index (χ2v) is 5.18. The first-order valence-corrected chi connectivity index (χ1v) is 5.92. The molecule has 0 unspecified atom stereocenters. The maximum atomic E-state index is 6.01. The molecule has 0 fully saturated rings. The third kappa shape index (κ3) is 1.35. The van der Waals surface area contributed by atoms with E-state index >= 15 is 0 Å². The van der Waals surface area contributed by atoms with E-state index in [1.165, 1.54) is 5.39 Å². The molecule has 1 aromatic carbocycles. The molecule has 0 aliphatic carbocycles. The molecule has 0 nitrogen and oxygen atoms in total. The molecule has 12 heavy (non-hydrogen) atoms. The third-order valence-corrected chi connectivity index (χ3v) is 4.31. The Morgan fingerprint density at radius 2 is 2.08 bits per heavy atom. The fraction of sp³-hybridized carbons (Fsp3) is 0. The van der Waals surface area contributed by atoms with Gasteiger partial charge in [0.2, 0.25) is 0 Å². The Morgan fingerprint density at radius 3 is 2.83 bits per heavy atom. The van der Waals surface area contributed by atoms with Crippen LogP contribution in [0.3, 0.4) is 0 Å². The van der Waals surface area contributed by atoms with Gasteiger partial charge < -0.3 is 0 Å². The van der Waals surface area contributed by atoms with Crippen molar-refractivity contribution in [1.82, 2.24) is 0 Å². The normalized spacial score (nSPS) is 10.9. The van der Waals surface area contributed by atoms with Crippen LogP contribution in [0.15, 0.2) is 17.5 Å². The van der Waals surface area contributed by atoms with E-state index in [1.807, 2.05) is 11.4 Å². The first-order chi connectivity index (χ1) is 5.70. The van der Waals surface area contributed by atoms with Crippen LogP contribution in [0.25, 0.3) is 10.1 Å². The van der Waals surface area contributed by atoms with Crippen LogP contribution in [0.4, 0.5) is 0 Å². The molecule has 0 amide bonds. The summed E-state index contributed by atoms with van der Waals surface area (Å²) in [6.07, 6.45) is 0. The number of halogens is 3. The number of benzene rings is 1. The lowest BCUT2D eigenvalue weighted by molar-refractivity contribution is 1.77. The van der Waals surface area contributed by atoms with Gasteiger partial charge in [-0.25, -0.2) is 0 Å². The molecule has 0 aliphatic heterocycles. The van der Waals surface area contributed by atoms with E-state index in [0.717, 1.165) is 8.27 Å². The van der Waals surface area contributed by atoms with Gasteiger partial charge in [0.1, 0.15) is 0 Å². The first-order valence-electron chi connectivity index (χ1n) is 3.21. The van der Waals surface area contributed by atoms with E-state index in [1.54, 1.807) is 11.3 Å². The maximum absolute atomic E-state index is 6.01. The average Bonchev–Trinajstić information content (AvgIpc) is 2.48. The average molecular weight is 329 g/mol. The fourth-order valence-electron chi connectivity index (χ4n) is 1.03. The molecule has 62 valence electrons. The smallest absolute Gasteiger partial charge is 0.0771 e. The number of hydrogen-bond acceptors (Lipinski definition) is 1. The van der Waals surface area contributed by atoms with Crippen molar-refractivity contribution in [2.24, 2.45) is 0 Å². The molecule has 4 heteroatoms. The molecule has 0 N–H and O–H groups in total. The summed E-state index contributed by atoms with van der Waals surface area (Å²) >= 11 is 15.8. The summed E-state index contributed by atoms with van der Waals surface area (Å²) in [6, 6.07) is 3.95. The standard InChI is InChI=1S/C8H3Cl2IS/c9-5-3-6(11)4-1-2-12-8(4)7(5)10/h1-3H. The monoisotopic (exact) mass is 328 g/mol. The van der Waals surface area contributed by atoms with Crippen molar-refractivity contribution in [3.05, 3.63) is 31.1 Å². The van der Waals surface area contributed by atoms with Gasteiger partial charge in [-0.05, 0) is 40.1 Å². The maximum Gasteiger partial charge on any atom is 0.0771 e. The van der Waals surface area contributed by atoms with Gasteiger partial charge in [0, 0.05) is 8.96 Å². The molecule has 0 saturated carbocycles. The van der Waals surface area contributed by atoms with Crippen molar-refractivity contribution in [1.29, 1.82) is 0 Å². The lowest BCUT2D eigenvalue weighted by Gasteiger charge is -1.99. The molecule has 0 atom stereocenters. The Hall–Kier alpha value is 0.490. The molecule has 1 heterocycles. The summed E-state index contributed by atoms with van der Waals surface area (Å²) < 4.78 is 2.23.